The highest BCUT2D eigenvalue weighted by molar-refractivity contribution is 6.30. The number of carbonyl (C=O) groups excluding carboxylic acids is 2. The Hall–Kier alpha value is -2.38. The van der Waals surface area contributed by atoms with E-state index in [0.29, 0.717) is 16.4 Å². The van der Waals surface area contributed by atoms with Gasteiger partial charge in [0, 0.05) is 23.5 Å². The minimum Gasteiger partial charge on any atom is -0.342 e. The fourth-order valence-electron chi connectivity index (χ4n) is 2.71. The summed E-state index contributed by atoms with van der Waals surface area (Å²) < 4.78 is 1.81. The number of hydrogen-bond donors (Lipinski definition) is 3. The predicted octanol–water partition coefficient (Wildman–Crippen LogP) is 1.83. The van der Waals surface area contributed by atoms with Crippen LogP contribution < -0.4 is 16.0 Å². The third-order valence-corrected chi connectivity index (χ3v) is 4.28. The summed E-state index contributed by atoms with van der Waals surface area (Å²) in [5, 5.41) is 13.5. The highest BCUT2D eigenvalue weighted by Gasteiger charge is 2.18. The molecular weight excluding hydrogens is 342 g/mol. The number of aromatic nitrogens is 2. The van der Waals surface area contributed by atoms with Crippen LogP contribution in [0.25, 0.3) is 0 Å². The van der Waals surface area contributed by atoms with E-state index >= 15 is 0 Å². The van der Waals surface area contributed by atoms with Crippen LogP contribution in [-0.2, 0) is 4.79 Å². The summed E-state index contributed by atoms with van der Waals surface area (Å²) >= 11 is 5.79. The van der Waals surface area contributed by atoms with Crippen molar-refractivity contribution in [3.63, 3.8) is 0 Å². The number of halogens is 1. The van der Waals surface area contributed by atoms with Gasteiger partial charge in [0.1, 0.15) is 5.69 Å². The third-order valence-electron chi connectivity index (χ3n) is 4.02. The van der Waals surface area contributed by atoms with Crippen molar-refractivity contribution < 1.29 is 9.59 Å². The second-order valence-electron chi connectivity index (χ2n) is 5.92. The number of amides is 2. The topological polar surface area (TPSA) is 88.1 Å². The first kappa shape index (κ1) is 17.4. The summed E-state index contributed by atoms with van der Waals surface area (Å²) in [7, 11) is 0. The molecule has 2 amide bonds. The lowest BCUT2D eigenvalue weighted by molar-refractivity contribution is -0.115. The zero-order valence-corrected chi connectivity index (χ0v) is 14.4. The van der Waals surface area contributed by atoms with E-state index in [4.69, 9.17) is 11.6 Å². The van der Waals surface area contributed by atoms with Gasteiger partial charge in [0.15, 0.2) is 0 Å². The second kappa shape index (κ2) is 8.13. The second-order valence-corrected chi connectivity index (χ2v) is 6.36. The lowest BCUT2D eigenvalue weighted by atomic mass is 10.1. The monoisotopic (exact) mass is 361 g/mol. The molecule has 1 unspecified atom stereocenters. The number of rotatable bonds is 5. The van der Waals surface area contributed by atoms with E-state index < -0.39 is 0 Å². The van der Waals surface area contributed by atoms with E-state index in [-0.39, 0.29) is 24.4 Å². The van der Waals surface area contributed by atoms with Crippen molar-refractivity contribution in [3.05, 3.63) is 47.2 Å². The number of nitrogens with one attached hydrogen (secondary N) is 3. The maximum absolute atomic E-state index is 12.1. The van der Waals surface area contributed by atoms with Crippen LogP contribution in [0.5, 0.6) is 0 Å². The average molecular weight is 362 g/mol. The lowest BCUT2D eigenvalue weighted by Gasteiger charge is -2.22. The predicted molar refractivity (Wildman–Crippen MR) is 95.8 cm³/mol. The maximum Gasteiger partial charge on any atom is 0.272 e. The molecule has 0 aliphatic carbocycles. The zero-order chi connectivity index (χ0) is 17.6. The van der Waals surface area contributed by atoms with E-state index in [1.165, 1.54) is 0 Å². The quantitative estimate of drug-likeness (QED) is 0.758. The van der Waals surface area contributed by atoms with Crippen LogP contribution in [0.2, 0.25) is 5.02 Å². The standard InChI is InChI=1S/C17H20ClN5O2/c18-12-3-5-13(6-4-12)21-16(24)11-20-17(25)15-7-9-23(22-15)14-2-1-8-19-10-14/h3-7,9,14,19H,1-2,8,10-11H2,(H,20,25)(H,21,24). The summed E-state index contributed by atoms with van der Waals surface area (Å²) in [5.41, 5.74) is 0.933. The fourth-order valence-corrected chi connectivity index (χ4v) is 2.84. The molecule has 2 heterocycles. The highest BCUT2D eigenvalue weighted by atomic mass is 35.5. The SMILES string of the molecule is O=C(CNC(=O)c1ccn(C2CCCNC2)n1)Nc1ccc(Cl)cc1. The normalized spacial score (nSPS) is 17.1. The van der Waals surface area contributed by atoms with E-state index in [1.807, 2.05) is 4.68 Å². The molecule has 0 bridgehead atoms. The van der Waals surface area contributed by atoms with Gasteiger partial charge in [-0.3, -0.25) is 14.3 Å². The van der Waals surface area contributed by atoms with E-state index in [2.05, 4.69) is 21.0 Å². The van der Waals surface area contributed by atoms with Gasteiger partial charge in [-0.1, -0.05) is 11.6 Å². The van der Waals surface area contributed by atoms with Gasteiger partial charge in [-0.05, 0) is 49.7 Å². The molecule has 132 valence electrons. The number of piperidine rings is 1. The molecule has 25 heavy (non-hydrogen) atoms. The maximum atomic E-state index is 12.1. The molecule has 1 saturated heterocycles. The average Bonchev–Trinajstić information content (AvgIpc) is 3.13. The van der Waals surface area contributed by atoms with E-state index in [9.17, 15) is 9.59 Å². The number of nitrogens with zero attached hydrogens (tertiary/aromatic N) is 2. The molecule has 0 spiro atoms. The molecule has 1 fully saturated rings. The first-order valence-electron chi connectivity index (χ1n) is 8.21. The molecule has 1 aliphatic rings. The van der Waals surface area contributed by atoms with Crippen LogP contribution in [0.3, 0.4) is 0 Å². The van der Waals surface area contributed by atoms with Crippen molar-refractivity contribution in [2.45, 2.75) is 18.9 Å². The summed E-state index contributed by atoms with van der Waals surface area (Å²) in [6.45, 7) is 1.75. The Bertz CT molecular complexity index is 738. The number of hydrogen-bond acceptors (Lipinski definition) is 4. The molecule has 0 saturated carbocycles. The minimum absolute atomic E-state index is 0.126. The first-order chi connectivity index (χ1) is 12.1. The molecule has 1 aliphatic heterocycles. The van der Waals surface area contributed by atoms with Crippen molar-refractivity contribution >= 4 is 29.1 Å². The van der Waals surface area contributed by atoms with Crippen molar-refractivity contribution in [1.29, 1.82) is 0 Å². The number of anilines is 1. The first-order valence-corrected chi connectivity index (χ1v) is 8.59. The Labute approximate surface area is 150 Å². The zero-order valence-electron chi connectivity index (χ0n) is 13.7. The lowest BCUT2D eigenvalue weighted by Crippen LogP contribution is -2.34. The molecule has 7 nitrogen and oxygen atoms in total. The molecule has 2 aromatic rings. The Morgan fingerprint density at radius 3 is 2.80 bits per heavy atom. The molecule has 0 radical (unpaired) electrons. The number of carbonyl (C=O) groups is 2. The summed E-state index contributed by atoms with van der Waals surface area (Å²) in [5.74, 6) is -0.680. The van der Waals surface area contributed by atoms with Crippen LogP contribution >= 0.6 is 11.6 Å². The van der Waals surface area contributed by atoms with Crippen LogP contribution in [-0.4, -0.2) is 41.2 Å². The van der Waals surface area contributed by atoms with Gasteiger partial charge in [-0.2, -0.15) is 5.10 Å². The van der Waals surface area contributed by atoms with Gasteiger partial charge < -0.3 is 16.0 Å². The molecule has 3 N–H and O–H groups in total. The largest absolute Gasteiger partial charge is 0.342 e. The third kappa shape index (κ3) is 4.80. The number of benzene rings is 1. The van der Waals surface area contributed by atoms with Crippen LogP contribution in [0.1, 0.15) is 29.4 Å². The summed E-state index contributed by atoms with van der Waals surface area (Å²) in [4.78, 5) is 24.0. The highest BCUT2D eigenvalue weighted by Crippen LogP contribution is 2.16. The van der Waals surface area contributed by atoms with Gasteiger partial charge in [-0.15, -0.1) is 0 Å². The molecule has 1 aromatic heterocycles. The Morgan fingerprint density at radius 2 is 2.08 bits per heavy atom. The van der Waals surface area contributed by atoms with Crippen molar-refractivity contribution in [3.8, 4) is 0 Å². The van der Waals surface area contributed by atoms with Crippen LogP contribution in [0, 0.1) is 0 Å². The molecule has 1 aromatic carbocycles. The van der Waals surface area contributed by atoms with Gasteiger partial charge in [-0.25, -0.2) is 0 Å². The van der Waals surface area contributed by atoms with Crippen LogP contribution in [0.15, 0.2) is 36.5 Å². The van der Waals surface area contributed by atoms with E-state index in [0.717, 1.165) is 25.9 Å². The van der Waals surface area contributed by atoms with Gasteiger partial charge in [0.05, 0.1) is 12.6 Å². The molecule has 8 heteroatoms. The summed E-state index contributed by atoms with van der Waals surface area (Å²) in [6.07, 6.45) is 3.94. The molecule has 3 rings (SSSR count). The Balaban J connectivity index is 1.49. The summed E-state index contributed by atoms with van der Waals surface area (Å²) in [6, 6.07) is 8.69. The molecule has 1 atom stereocenters. The van der Waals surface area contributed by atoms with Crippen molar-refractivity contribution in [2.75, 3.05) is 25.0 Å². The van der Waals surface area contributed by atoms with Gasteiger partial charge in [0.25, 0.3) is 5.91 Å². The van der Waals surface area contributed by atoms with Crippen molar-refractivity contribution in [1.82, 2.24) is 20.4 Å². The Morgan fingerprint density at radius 1 is 1.28 bits per heavy atom. The van der Waals surface area contributed by atoms with E-state index in [1.54, 1.807) is 36.5 Å². The minimum atomic E-state index is -0.367. The van der Waals surface area contributed by atoms with Gasteiger partial charge >= 0.3 is 0 Å². The van der Waals surface area contributed by atoms with Crippen LogP contribution in [0.4, 0.5) is 5.69 Å². The molecular formula is C17H20ClN5O2. The van der Waals surface area contributed by atoms with Gasteiger partial charge in [0.2, 0.25) is 5.91 Å². The smallest absolute Gasteiger partial charge is 0.272 e. The fraction of sp³-hybridized carbons (Fsp3) is 0.353. The van der Waals surface area contributed by atoms with Crippen molar-refractivity contribution in [2.24, 2.45) is 0 Å². The Kier molecular flexibility index (Phi) is 5.67.